The Kier molecular flexibility index (Phi) is 5.87. The van der Waals surface area contributed by atoms with Gasteiger partial charge in [0, 0.05) is 10.7 Å². The average molecular weight is 464 g/mol. The van der Waals surface area contributed by atoms with Crippen LogP contribution in [-0.2, 0) is 9.59 Å². The molecule has 0 bridgehead atoms. The van der Waals surface area contributed by atoms with Crippen LogP contribution in [0, 0.1) is 13.8 Å². The largest absolute Gasteiger partial charge is 0.508 e. The summed E-state index contributed by atoms with van der Waals surface area (Å²) in [7, 11) is 1.48. The summed E-state index contributed by atoms with van der Waals surface area (Å²) in [5, 5.41) is 21.6. The van der Waals surface area contributed by atoms with Crippen LogP contribution in [0.15, 0.2) is 66.2 Å². The lowest BCUT2D eigenvalue weighted by Gasteiger charge is -2.25. The zero-order valence-corrected chi connectivity index (χ0v) is 19.1. The van der Waals surface area contributed by atoms with Crippen molar-refractivity contribution in [3.63, 3.8) is 0 Å². The molecule has 2 N–H and O–H groups in total. The number of carbonyl (C=O) groups excluding carboxylic acids is 2. The number of aliphatic hydroxyl groups excluding tert-OH is 1. The van der Waals surface area contributed by atoms with Crippen LogP contribution < -0.4 is 9.64 Å². The first kappa shape index (κ1) is 22.4. The number of amides is 1. The van der Waals surface area contributed by atoms with Crippen molar-refractivity contribution in [1.29, 1.82) is 0 Å². The normalized spacial score (nSPS) is 17.5. The molecule has 0 spiro atoms. The van der Waals surface area contributed by atoms with Crippen LogP contribution in [0.1, 0.15) is 28.3 Å². The lowest BCUT2D eigenvalue weighted by molar-refractivity contribution is -0.132. The zero-order chi connectivity index (χ0) is 23.9. The maximum atomic E-state index is 13.3. The number of rotatable bonds is 4. The second-order valence-electron chi connectivity index (χ2n) is 7.90. The minimum absolute atomic E-state index is 0.0400. The first-order chi connectivity index (χ1) is 15.7. The molecule has 4 rings (SSSR count). The molecular formula is C26H22ClNO5. The fourth-order valence-corrected chi connectivity index (χ4v) is 4.34. The molecule has 1 unspecified atom stereocenters. The van der Waals surface area contributed by atoms with E-state index in [1.54, 1.807) is 42.5 Å². The lowest BCUT2D eigenvalue weighted by Crippen LogP contribution is -2.29. The summed E-state index contributed by atoms with van der Waals surface area (Å²) in [6, 6.07) is 15.4. The van der Waals surface area contributed by atoms with E-state index in [1.807, 2.05) is 19.9 Å². The van der Waals surface area contributed by atoms with Gasteiger partial charge in [-0.3, -0.25) is 14.5 Å². The van der Waals surface area contributed by atoms with Crippen molar-refractivity contribution >= 4 is 34.7 Å². The van der Waals surface area contributed by atoms with E-state index in [0.29, 0.717) is 27.6 Å². The quantitative estimate of drug-likeness (QED) is 0.311. The summed E-state index contributed by atoms with van der Waals surface area (Å²) in [6.07, 6.45) is 0. The lowest BCUT2D eigenvalue weighted by atomic mass is 9.93. The van der Waals surface area contributed by atoms with Gasteiger partial charge < -0.3 is 14.9 Å². The first-order valence-corrected chi connectivity index (χ1v) is 10.6. The summed E-state index contributed by atoms with van der Waals surface area (Å²) in [5.41, 5.74) is 2.91. The Labute approximate surface area is 196 Å². The van der Waals surface area contributed by atoms with E-state index >= 15 is 0 Å². The number of Topliss-reactive ketones (excluding diaryl/α,β-unsaturated/α-hetero) is 1. The van der Waals surface area contributed by atoms with Crippen molar-refractivity contribution < 1.29 is 24.5 Å². The summed E-state index contributed by atoms with van der Waals surface area (Å²) in [5.74, 6) is -1.47. The smallest absolute Gasteiger partial charge is 0.300 e. The van der Waals surface area contributed by atoms with Crippen LogP contribution in [0.4, 0.5) is 5.69 Å². The van der Waals surface area contributed by atoms with E-state index in [-0.39, 0.29) is 17.1 Å². The summed E-state index contributed by atoms with van der Waals surface area (Å²) < 4.78 is 5.50. The number of benzene rings is 3. The number of halogens is 1. The minimum Gasteiger partial charge on any atom is -0.508 e. The number of aromatic hydroxyl groups is 1. The van der Waals surface area contributed by atoms with Gasteiger partial charge in [-0.25, -0.2) is 0 Å². The van der Waals surface area contributed by atoms with Crippen molar-refractivity contribution in [2.45, 2.75) is 19.9 Å². The Hall–Kier alpha value is -3.77. The monoisotopic (exact) mass is 463 g/mol. The molecule has 0 aromatic heterocycles. The van der Waals surface area contributed by atoms with Gasteiger partial charge in [-0.15, -0.1) is 0 Å². The van der Waals surface area contributed by atoms with Gasteiger partial charge in [0.05, 0.1) is 24.3 Å². The number of methoxy groups -OCH3 is 1. The Morgan fingerprint density at radius 2 is 1.64 bits per heavy atom. The molecule has 0 aliphatic carbocycles. The molecule has 33 heavy (non-hydrogen) atoms. The number of ether oxygens (including phenoxy) is 1. The molecule has 1 amide bonds. The number of phenolic OH excluding ortho intramolecular Hbond substituents is 1. The molecule has 3 aromatic carbocycles. The molecule has 1 saturated heterocycles. The highest BCUT2D eigenvalue weighted by molar-refractivity contribution is 6.51. The van der Waals surface area contributed by atoms with Gasteiger partial charge >= 0.3 is 0 Å². The average Bonchev–Trinajstić information content (AvgIpc) is 3.04. The Morgan fingerprint density at radius 1 is 1.00 bits per heavy atom. The van der Waals surface area contributed by atoms with Crippen molar-refractivity contribution in [3.8, 4) is 11.5 Å². The van der Waals surface area contributed by atoms with E-state index in [4.69, 9.17) is 16.3 Å². The van der Waals surface area contributed by atoms with E-state index in [0.717, 1.165) is 11.1 Å². The van der Waals surface area contributed by atoms with E-state index in [2.05, 4.69) is 0 Å². The Bertz CT molecular complexity index is 1280. The topological polar surface area (TPSA) is 87.1 Å². The van der Waals surface area contributed by atoms with Crippen LogP contribution in [0.25, 0.3) is 5.76 Å². The third-order valence-electron chi connectivity index (χ3n) is 5.64. The maximum absolute atomic E-state index is 13.3. The van der Waals surface area contributed by atoms with Gasteiger partial charge in [0.15, 0.2) is 0 Å². The summed E-state index contributed by atoms with van der Waals surface area (Å²) >= 11 is 6.01. The fourth-order valence-electron chi connectivity index (χ4n) is 4.22. The zero-order valence-electron chi connectivity index (χ0n) is 18.3. The molecule has 1 aliphatic heterocycles. The molecule has 168 valence electrons. The number of nitrogens with zero attached hydrogens (tertiary/aromatic N) is 1. The number of carbonyl (C=O) groups is 2. The fraction of sp³-hybridized carbons (Fsp3) is 0.154. The Balaban J connectivity index is 2.00. The van der Waals surface area contributed by atoms with Gasteiger partial charge in [-0.05, 0) is 73.0 Å². The van der Waals surface area contributed by atoms with Gasteiger partial charge in [0.2, 0.25) is 0 Å². The number of hydrogen-bond acceptors (Lipinski definition) is 5. The maximum Gasteiger partial charge on any atom is 0.300 e. The van der Waals surface area contributed by atoms with E-state index in [1.165, 1.54) is 24.1 Å². The SMILES string of the molecule is COc1c(C)cc(C)cc1/C(O)=C1\C(=O)C(=O)N(c2ccc(Cl)cc2)C1c1ccc(O)cc1. The second kappa shape index (κ2) is 8.64. The molecule has 1 heterocycles. The molecule has 1 aliphatic rings. The molecule has 0 radical (unpaired) electrons. The molecule has 1 atom stereocenters. The number of hydrogen-bond donors (Lipinski definition) is 2. The van der Waals surface area contributed by atoms with Crippen LogP contribution in [0.5, 0.6) is 11.5 Å². The number of aliphatic hydroxyl groups is 1. The number of anilines is 1. The van der Waals surface area contributed by atoms with Crippen LogP contribution >= 0.6 is 11.6 Å². The Morgan fingerprint density at radius 3 is 2.24 bits per heavy atom. The standard InChI is InChI=1S/C26H22ClNO5/c1-14-12-15(2)25(33-3)20(13-14)23(30)21-22(16-4-10-19(29)11-5-16)28(26(32)24(21)31)18-8-6-17(27)7-9-18/h4-13,22,29-30H,1-3H3/b23-21+. The third-order valence-corrected chi connectivity index (χ3v) is 5.89. The van der Waals surface area contributed by atoms with Crippen LogP contribution in [-0.4, -0.2) is 29.0 Å². The highest BCUT2D eigenvalue weighted by atomic mass is 35.5. The number of ketones is 1. The van der Waals surface area contributed by atoms with Crippen LogP contribution in [0.2, 0.25) is 5.02 Å². The van der Waals surface area contributed by atoms with E-state index in [9.17, 15) is 19.8 Å². The van der Waals surface area contributed by atoms with Crippen molar-refractivity contribution in [2.24, 2.45) is 0 Å². The third kappa shape index (κ3) is 3.94. The van der Waals surface area contributed by atoms with Crippen molar-refractivity contribution in [2.75, 3.05) is 12.0 Å². The van der Waals surface area contributed by atoms with Gasteiger partial charge in [0.25, 0.3) is 11.7 Å². The van der Waals surface area contributed by atoms with Gasteiger partial charge in [0.1, 0.15) is 17.3 Å². The van der Waals surface area contributed by atoms with Crippen LogP contribution in [0.3, 0.4) is 0 Å². The number of phenols is 1. The molecular weight excluding hydrogens is 442 g/mol. The van der Waals surface area contributed by atoms with E-state index < -0.39 is 17.7 Å². The molecule has 6 nitrogen and oxygen atoms in total. The molecule has 1 fully saturated rings. The summed E-state index contributed by atoms with van der Waals surface area (Å²) in [4.78, 5) is 27.8. The molecule has 0 saturated carbocycles. The van der Waals surface area contributed by atoms with Crippen molar-refractivity contribution in [1.82, 2.24) is 0 Å². The minimum atomic E-state index is -0.919. The highest BCUT2D eigenvalue weighted by Crippen LogP contribution is 2.44. The predicted octanol–water partition coefficient (Wildman–Crippen LogP) is 5.30. The highest BCUT2D eigenvalue weighted by Gasteiger charge is 2.47. The first-order valence-electron chi connectivity index (χ1n) is 10.2. The van der Waals surface area contributed by atoms with Crippen molar-refractivity contribution in [3.05, 3.63) is 93.5 Å². The summed E-state index contributed by atoms with van der Waals surface area (Å²) in [6.45, 7) is 3.71. The second-order valence-corrected chi connectivity index (χ2v) is 8.34. The molecule has 3 aromatic rings. The van der Waals surface area contributed by atoms with Gasteiger partial charge in [-0.1, -0.05) is 29.8 Å². The van der Waals surface area contributed by atoms with Gasteiger partial charge in [-0.2, -0.15) is 0 Å². The number of aryl methyl sites for hydroxylation is 2. The molecule has 7 heteroatoms. The predicted molar refractivity (Wildman–Crippen MR) is 127 cm³/mol.